The molecule has 0 unspecified atom stereocenters. The molecule has 0 fully saturated rings. The molecule has 3 rings (SSSR count). The van der Waals surface area contributed by atoms with E-state index in [0.717, 1.165) is 24.3 Å². The first-order valence-electron chi connectivity index (χ1n) is 7.88. The van der Waals surface area contributed by atoms with Crippen molar-refractivity contribution in [3.63, 3.8) is 0 Å². The summed E-state index contributed by atoms with van der Waals surface area (Å²) in [6, 6.07) is 6.06. The van der Waals surface area contributed by atoms with Crippen LogP contribution in [0.25, 0.3) is 0 Å². The van der Waals surface area contributed by atoms with Crippen LogP contribution in [0, 0.1) is 0 Å². The van der Waals surface area contributed by atoms with Crippen LogP contribution >= 0.6 is 34.4 Å². The highest BCUT2D eigenvalue weighted by Gasteiger charge is 2.19. The number of hydrogen-bond donors (Lipinski definition) is 1. The number of esters is 1. The lowest BCUT2D eigenvalue weighted by Gasteiger charge is -2.05. The monoisotopic (exact) mass is 381 g/mol. The first kappa shape index (κ1) is 17.5. The van der Waals surface area contributed by atoms with E-state index in [-0.39, 0.29) is 12.5 Å². The lowest BCUT2D eigenvalue weighted by Crippen LogP contribution is -2.30. The van der Waals surface area contributed by atoms with Crippen LogP contribution in [0.3, 0.4) is 0 Å². The molecule has 128 valence electrons. The topological polar surface area (TPSA) is 55.4 Å². The molecule has 2 aromatic heterocycles. The number of nitrogens with one attached hydrogen (secondary N) is 1. The number of carbonyl (C=O) groups is 2. The Kier molecular flexibility index (Phi) is 6.34. The second-order valence-electron chi connectivity index (χ2n) is 5.47. The minimum atomic E-state index is -0.392. The number of amides is 1. The summed E-state index contributed by atoms with van der Waals surface area (Å²) in [5.41, 5.74) is 1.26. The molecule has 2 aromatic rings. The Bertz CT molecular complexity index is 673. The first-order valence-corrected chi connectivity index (χ1v) is 10.7. The summed E-state index contributed by atoms with van der Waals surface area (Å²) in [7, 11) is 0. The van der Waals surface area contributed by atoms with Gasteiger partial charge in [0.25, 0.3) is 5.91 Å². The van der Waals surface area contributed by atoms with Crippen molar-refractivity contribution in [1.29, 1.82) is 0 Å². The summed E-state index contributed by atoms with van der Waals surface area (Å²) in [5.74, 6) is 1.17. The van der Waals surface area contributed by atoms with Crippen molar-refractivity contribution in [1.82, 2.24) is 5.32 Å². The normalized spacial score (nSPS) is 12.8. The van der Waals surface area contributed by atoms with Crippen LogP contribution in [0.1, 0.15) is 31.4 Å². The summed E-state index contributed by atoms with van der Waals surface area (Å²) < 4.78 is 5.10. The Balaban J connectivity index is 1.29. The van der Waals surface area contributed by atoms with E-state index in [2.05, 4.69) is 16.8 Å². The Hall–Kier alpha value is -1.31. The standard InChI is InChI=1S/C17H19NO3S3/c19-16(18-6-8-22-11-13-4-2-7-23-13)10-21-17(20)15-9-12-3-1-5-14(12)24-15/h2,4,7,9H,1,3,5-6,8,10-11H2,(H,18,19). The van der Waals surface area contributed by atoms with E-state index < -0.39 is 5.97 Å². The zero-order chi connectivity index (χ0) is 16.8. The first-order chi connectivity index (χ1) is 11.7. The quantitative estimate of drug-likeness (QED) is 0.562. The van der Waals surface area contributed by atoms with Crippen molar-refractivity contribution in [3.8, 4) is 0 Å². The van der Waals surface area contributed by atoms with E-state index in [1.807, 2.05) is 12.1 Å². The van der Waals surface area contributed by atoms with E-state index >= 15 is 0 Å². The fraction of sp³-hybridized carbons (Fsp3) is 0.412. The van der Waals surface area contributed by atoms with Crippen LogP contribution in [0.4, 0.5) is 0 Å². The van der Waals surface area contributed by atoms with Crippen molar-refractivity contribution in [2.75, 3.05) is 18.9 Å². The fourth-order valence-electron chi connectivity index (χ4n) is 2.51. The summed E-state index contributed by atoms with van der Waals surface area (Å²) in [6.45, 7) is 0.372. The molecule has 0 aliphatic heterocycles. The van der Waals surface area contributed by atoms with Gasteiger partial charge in [0, 0.05) is 27.8 Å². The third kappa shape index (κ3) is 4.84. The van der Waals surface area contributed by atoms with Crippen molar-refractivity contribution < 1.29 is 14.3 Å². The molecule has 1 aliphatic carbocycles. The second kappa shape index (κ2) is 8.69. The van der Waals surface area contributed by atoms with Crippen LogP contribution in [0.2, 0.25) is 0 Å². The molecular formula is C17H19NO3S3. The van der Waals surface area contributed by atoms with Crippen LogP contribution in [-0.2, 0) is 28.1 Å². The van der Waals surface area contributed by atoms with Gasteiger partial charge in [-0.2, -0.15) is 11.8 Å². The van der Waals surface area contributed by atoms with Crippen molar-refractivity contribution >= 4 is 46.3 Å². The lowest BCUT2D eigenvalue weighted by atomic mass is 10.2. The number of rotatable bonds is 8. The highest BCUT2D eigenvalue weighted by molar-refractivity contribution is 7.98. The molecule has 0 aromatic carbocycles. The van der Waals surface area contributed by atoms with Gasteiger partial charge in [-0.1, -0.05) is 6.07 Å². The number of hydrogen-bond acceptors (Lipinski definition) is 6. The van der Waals surface area contributed by atoms with Crippen LogP contribution in [-0.4, -0.2) is 30.8 Å². The molecule has 0 saturated carbocycles. The van der Waals surface area contributed by atoms with E-state index in [4.69, 9.17) is 4.74 Å². The minimum absolute atomic E-state index is 0.211. The molecule has 0 bridgehead atoms. The molecule has 24 heavy (non-hydrogen) atoms. The number of aryl methyl sites for hydroxylation is 2. The van der Waals surface area contributed by atoms with E-state index in [1.165, 1.54) is 33.1 Å². The molecular weight excluding hydrogens is 362 g/mol. The minimum Gasteiger partial charge on any atom is -0.451 e. The molecule has 1 aliphatic rings. The molecule has 0 radical (unpaired) electrons. The van der Waals surface area contributed by atoms with Gasteiger partial charge in [0.2, 0.25) is 0 Å². The Morgan fingerprint density at radius 3 is 3.04 bits per heavy atom. The maximum Gasteiger partial charge on any atom is 0.348 e. The molecule has 1 amide bonds. The van der Waals surface area contributed by atoms with Gasteiger partial charge in [0.05, 0.1) is 0 Å². The van der Waals surface area contributed by atoms with E-state index in [9.17, 15) is 9.59 Å². The second-order valence-corrected chi connectivity index (χ2v) is 8.74. The lowest BCUT2D eigenvalue weighted by molar-refractivity contribution is -0.124. The Morgan fingerprint density at radius 1 is 1.33 bits per heavy atom. The van der Waals surface area contributed by atoms with Gasteiger partial charge in [0.15, 0.2) is 6.61 Å². The summed E-state index contributed by atoms with van der Waals surface area (Å²) in [6.07, 6.45) is 3.27. The van der Waals surface area contributed by atoms with Crippen molar-refractivity contribution in [3.05, 3.63) is 43.8 Å². The molecule has 4 nitrogen and oxygen atoms in total. The zero-order valence-corrected chi connectivity index (χ0v) is 15.7. The average molecular weight is 382 g/mol. The number of ether oxygens (including phenoxy) is 1. The molecule has 0 saturated heterocycles. The van der Waals surface area contributed by atoms with Crippen LogP contribution < -0.4 is 5.32 Å². The van der Waals surface area contributed by atoms with Gasteiger partial charge in [-0.3, -0.25) is 4.79 Å². The highest BCUT2D eigenvalue weighted by Crippen LogP contribution is 2.30. The SMILES string of the molecule is O=C(COC(=O)c1cc2c(s1)CCC2)NCCSCc1cccs1. The van der Waals surface area contributed by atoms with Crippen LogP contribution in [0.15, 0.2) is 23.6 Å². The number of thioether (sulfide) groups is 1. The van der Waals surface area contributed by atoms with Gasteiger partial charge in [-0.15, -0.1) is 22.7 Å². The Labute approximate surface area is 153 Å². The predicted molar refractivity (Wildman–Crippen MR) is 100 cm³/mol. The predicted octanol–water partition coefficient (Wildman–Crippen LogP) is 3.50. The van der Waals surface area contributed by atoms with Crippen molar-refractivity contribution in [2.45, 2.75) is 25.0 Å². The van der Waals surface area contributed by atoms with Gasteiger partial charge < -0.3 is 10.1 Å². The zero-order valence-electron chi connectivity index (χ0n) is 13.2. The largest absolute Gasteiger partial charge is 0.451 e. The van der Waals surface area contributed by atoms with Gasteiger partial charge >= 0.3 is 5.97 Å². The third-order valence-electron chi connectivity index (χ3n) is 3.68. The fourth-order valence-corrected chi connectivity index (χ4v) is 5.36. The third-order valence-corrected chi connectivity index (χ3v) is 6.96. The van der Waals surface area contributed by atoms with Crippen molar-refractivity contribution in [2.24, 2.45) is 0 Å². The molecule has 2 heterocycles. The summed E-state index contributed by atoms with van der Waals surface area (Å²) in [4.78, 5) is 26.9. The Morgan fingerprint density at radius 2 is 2.25 bits per heavy atom. The van der Waals surface area contributed by atoms with Gasteiger partial charge in [-0.05, 0) is 42.3 Å². The van der Waals surface area contributed by atoms with E-state index in [0.29, 0.717) is 11.4 Å². The molecule has 0 atom stereocenters. The maximum atomic E-state index is 12.0. The maximum absolute atomic E-state index is 12.0. The smallest absolute Gasteiger partial charge is 0.348 e. The number of thiophene rings is 2. The number of carbonyl (C=O) groups excluding carboxylic acids is 2. The molecule has 7 heteroatoms. The highest BCUT2D eigenvalue weighted by atomic mass is 32.2. The van der Waals surface area contributed by atoms with Gasteiger partial charge in [-0.25, -0.2) is 4.79 Å². The average Bonchev–Trinajstić information content (AvgIpc) is 3.28. The molecule has 0 spiro atoms. The van der Waals surface area contributed by atoms with Gasteiger partial charge in [0.1, 0.15) is 4.88 Å². The molecule has 1 N–H and O–H groups in total. The summed E-state index contributed by atoms with van der Waals surface area (Å²) >= 11 is 5.01. The summed E-state index contributed by atoms with van der Waals surface area (Å²) in [5, 5.41) is 4.84. The number of fused-ring (bicyclic) bond motifs is 1. The van der Waals surface area contributed by atoms with Crippen LogP contribution in [0.5, 0.6) is 0 Å². The van der Waals surface area contributed by atoms with E-state index in [1.54, 1.807) is 23.1 Å².